The first-order valence-corrected chi connectivity index (χ1v) is 11.0. The van der Waals surface area contributed by atoms with Gasteiger partial charge in [-0.3, -0.25) is 4.98 Å². The normalized spacial score (nSPS) is 15.7. The van der Waals surface area contributed by atoms with Crippen molar-refractivity contribution in [1.29, 1.82) is 0 Å². The van der Waals surface area contributed by atoms with Gasteiger partial charge in [0, 0.05) is 42.5 Å². The Balaban J connectivity index is 1.33. The Hall–Kier alpha value is -3.72. The summed E-state index contributed by atoms with van der Waals surface area (Å²) >= 11 is 0. The van der Waals surface area contributed by atoms with E-state index in [1.54, 1.807) is 6.20 Å². The standard InChI is InChI=1S/C24H24FN7O/c1-31-14-32(18-12-33-13-18)24-21(31)23(29-22(30-24)16-8-17(25)11-26-9-16)27-7-6-15-10-28-20-5-3-2-4-19(15)20/h2-5,8-11,18,28H,6-7,12-14H2,1H3,(H,27,29,30). The number of nitrogens with zero attached hydrogens (tertiary/aromatic N) is 5. The van der Waals surface area contributed by atoms with E-state index in [4.69, 9.17) is 14.7 Å². The molecule has 0 atom stereocenters. The molecule has 1 saturated heterocycles. The fourth-order valence-electron chi connectivity index (χ4n) is 4.49. The molecule has 2 N–H and O–H groups in total. The second-order valence-corrected chi connectivity index (χ2v) is 8.50. The molecule has 0 bridgehead atoms. The van der Waals surface area contributed by atoms with E-state index in [1.807, 2.05) is 13.1 Å². The minimum absolute atomic E-state index is 0.279. The van der Waals surface area contributed by atoms with Gasteiger partial charge < -0.3 is 24.8 Å². The zero-order valence-corrected chi connectivity index (χ0v) is 18.3. The lowest BCUT2D eigenvalue weighted by Crippen LogP contribution is -2.50. The van der Waals surface area contributed by atoms with Crippen LogP contribution in [0.1, 0.15) is 5.56 Å². The van der Waals surface area contributed by atoms with Crippen molar-refractivity contribution in [1.82, 2.24) is 19.9 Å². The summed E-state index contributed by atoms with van der Waals surface area (Å²) in [5.41, 5.74) is 3.89. The van der Waals surface area contributed by atoms with Gasteiger partial charge in [0.25, 0.3) is 0 Å². The zero-order chi connectivity index (χ0) is 22.4. The van der Waals surface area contributed by atoms with Gasteiger partial charge in [-0.25, -0.2) is 14.4 Å². The molecule has 1 fully saturated rings. The molecular weight excluding hydrogens is 421 g/mol. The third-order valence-corrected chi connectivity index (χ3v) is 6.27. The van der Waals surface area contributed by atoms with Crippen molar-refractivity contribution in [2.24, 2.45) is 0 Å². The number of benzene rings is 1. The van der Waals surface area contributed by atoms with E-state index < -0.39 is 5.82 Å². The fraction of sp³-hybridized carbons (Fsp3) is 0.292. The van der Waals surface area contributed by atoms with Crippen LogP contribution in [0.2, 0.25) is 0 Å². The average molecular weight is 446 g/mol. The number of aromatic amines is 1. The van der Waals surface area contributed by atoms with E-state index in [9.17, 15) is 4.39 Å². The summed E-state index contributed by atoms with van der Waals surface area (Å²) in [6.07, 6.45) is 5.67. The van der Waals surface area contributed by atoms with Crippen molar-refractivity contribution in [3.63, 3.8) is 0 Å². The summed E-state index contributed by atoms with van der Waals surface area (Å²) in [5.74, 6) is 1.63. The van der Waals surface area contributed by atoms with Gasteiger partial charge in [-0.15, -0.1) is 0 Å². The lowest BCUT2D eigenvalue weighted by molar-refractivity contribution is 0.00861. The maximum Gasteiger partial charge on any atom is 0.165 e. The molecule has 9 heteroatoms. The highest BCUT2D eigenvalue weighted by Crippen LogP contribution is 2.42. The summed E-state index contributed by atoms with van der Waals surface area (Å²) in [5, 5.41) is 4.75. The summed E-state index contributed by atoms with van der Waals surface area (Å²) in [7, 11) is 2.04. The van der Waals surface area contributed by atoms with Crippen LogP contribution < -0.4 is 15.1 Å². The van der Waals surface area contributed by atoms with Crippen LogP contribution in [0.15, 0.2) is 48.9 Å². The Labute approximate surface area is 190 Å². The molecule has 6 rings (SSSR count). The predicted molar refractivity (Wildman–Crippen MR) is 126 cm³/mol. The Morgan fingerprint density at radius 3 is 2.91 bits per heavy atom. The quantitative estimate of drug-likeness (QED) is 0.471. The van der Waals surface area contributed by atoms with Crippen molar-refractivity contribution in [2.45, 2.75) is 12.5 Å². The van der Waals surface area contributed by atoms with Crippen LogP contribution in [-0.2, 0) is 11.2 Å². The van der Waals surface area contributed by atoms with Gasteiger partial charge >= 0.3 is 0 Å². The van der Waals surface area contributed by atoms with E-state index in [0.29, 0.717) is 37.8 Å². The highest BCUT2D eigenvalue weighted by atomic mass is 19.1. The number of rotatable bonds is 6. The molecule has 168 valence electrons. The van der Waals surface area contributed by atoms with E-state index in [-0.39, 0.29) is 6.04 Å². The fourth-order valence-corrected chi connectivity index (χ4v) is 4.49. The molecule has 2 aliphatic heterocycles. The monoisotopic (exact) mass is 445 g/mol. The van der Waals surface area contributed by atoms with Crippen molar-refractivity contribution < 1.29 is 9.13 Å². The number of pyridine rings is 1. The first kappa shape index (κ1) is 19.9. The lowest BCUT2D eigenvalue weighted by Gasteiger charge is -2.35. The Bertz CT molecular complexity index is 1320. The van der Waals surface area contributed by atoms with Crippen molar-refractivity contribution in [3.05, 3.63) is 60.3 Å². The number of ether oxygens (including phenoxy) is 1. The van der Waals surface area contributed by atoms with Gasteiger partial charge in [0.1, 0.15) is 11.5 Å². The number of aromatic nitrogens is 4. The number of H-pyrrole nitrogens is 1. The highest BCUT2D eigenvalue weighted by molar-refractivity contribution is 5.85. The molecule has 1 aromatic carbocycles. The van der Waals surface area contributed by atoms with Crippen LogP contribution in [0.5, 0.6) is 0 Å². The minimum atomic E-state index is -0.410. The molecule has 0 saturated carbocycles. The molecule has 3 aromatic heterocycles. The summed E-state index contributed by atoms with van der Waals surface area (Å²) < 4.78 is 19.3. The maximum atomic E-state index is 13.9. The summed E-state index contributed by atoms with van der Waals surface area (Å²) in [6.45, 7) is 2.77. The molecule has 0 radical (unpaired) electrons. The van der Waals surface area contributed by atoms with Gasteiger partial charge in [-0.05, 0) is 24.1 Å². The third-order valence-electron chi connectivity index (χ3n) is 6.27. The predicted octanol–water partition coefficient (Wildman–Crippen LogP) is 3.43. The first-order chi connectivity index (χ1) is 16.2. The lowest BCUT2D eigenvalue weighted by atomic mass is 10.1. The topological polar surface area (TPSA) is 82.2 Å². The van der Waals surface area contributed by atoms with Gasteiger partial charge in [0.05, 0.1) is 32.1 Å². The molecule has 4 aromatic rings. The molecule has 0 amide bonds. The minimum Gasteiger partial charge on any atom is -0.377 e. The number of hydrogen-bond acceptors (Lipinski definition) is 7. The first-order valence-electron chi connectivity index (χ1n) is 11.0. The van der Waals surface area contributed by atoms with E-state index >= 15 is 0 Å². The maximum absolute atomic E-state index is 13.9. The number of halogens is 1. The molecule has 5 heterocycles. The summed E-state index contributed by atoms with van der Waals surface area (Å²) in [6, 6.07) is 9.99. The zero-order valence-electron chi connectivity index (χ0n) is 18.3. The van der Waals surface area contributed by atoms with Crippen LogP contribution in [0.25, 0.3) is 22.3 Å². The van der Waals surface area contributed by atoms with Crippen molar-refractivity contribution >= 4 is 28.2 Å². The number of anilines is 3. The van der Waals surface area contributed by atoms with Crippen LogP contribution in [0.4, 0.5) is 21.7 Å². The Morgan fingerprint density at radius 1 is 1.21 bits per heavy atom. The molecule has 2 aliphatic rings. The Morgan fingerprint density at radius 2 is 2.09 bits per heavy atom. The molecule has 8 nitrogen and oxygen atoms in total. The van der Waals surface area contributed by atoms with Gasteiger partial charge in [-0.1, -0.05) is 18.2 Å². The second-order valence-electron chi connectivity index (χ2n) is 8.50. The molecular formula is C24H24FN7O. The van der Waals surface area contributed by atoms with Crippen LogP contribution >= 0.6 is 0 Å². The smallest absolute Gasteiger partial charge is 0.165 e. The molecule has 0 spiro atoms. The second kappa shape index (κ2) is 8.00. The average Bonchev–Trinajstić information content (AvgIpc) is 3.34. The molecule has 33 heavy (non-hydrogen) atoms. The van der Waals surface area contributed by atoms with E-state index in [2.05, 4.69) is 49.5 Å². The SMILES string of the molecule is CN1CN(C2COC2)c2nc(-c3cncc(F)c3)nc(NCCc3c[nH]c4ccccc34)c21. The number of hydrogen-bond donors (Lipinski definition) is 2. The highest BCUT2D eigenvalue weighted by Gasteiger charge is 2.37. The van der Waals surface area contributed by atoms with Crippen LogP contribution in [-0.4, -0.2) is 59.5 Å². The van der Waals surface area contributed by atoms with E-state index in [1.165, 1.54) is 23.2 Å². The number of fused-ring (bicyclic) bond motifs is 2. The van der Waals surface area contributed by atoms with Crippen molar-refractivity contribution in [2.75, 3.05) is 48.6 Å². The van der Waals surface area contributed by atoms with Gasteiger partial charge in [-0.2, -0.15) is 0 Å². The number of para-hydroxylation sites is 1. The summed E-state index contributed by atoms with van der Waals surface area (Å²) in [4.78, 5) is 21.3. The number of nitrogens with one attached hydrogen (secondary N) is 2. The Kier molecular flexibility index (Phi) is 4.83. The van der Waals surface area contributed by atoms with Gasteiger partial charge in [0.2, 0.25) is 0 Å². The van der Waals surface area contributed by atoms with Crippen molar-refractivity contribution in [3.8, 4) is 11.4 Å². The molecule has 0 unspecified atom stereocenters. The van der Waals surface area contributed by atoms with Gasteiger partial charge in [0.15, 0.2) is 17.5 Å². The molecule has 0 aliphatic carbocycles. The van der Waals surface area contributed by atoms with E-state index in [0.717, 1.165) is 29.3 Å². The third kappa shape index (κ3) is 3.54. The largest absolute Gasteiger partial charge is 0.377 e. The van der Waals surface area contributed by atoms with Crippen LogP contribution in [0.3, 0.4) is 0 Å². The van der Waals surface area contributed by atoms with Crippen LogP contribution in [0, 0.1) is 5.82 Å².